The highest BCUT2D eigenvalue weighted by atomic mass is 16.2. The summed E-state index contributed by atoms with van der Waals surface area (Å²) in [5, 5.41) is 2.74. The van der Waals surface area contributed by atoms with Gasteiger partial charge in [0.1, 0.15) is 0 Å². The first kappa shape index (κ1) is 12.0. The lowest BCUT2D eigenvalue weighted by atomic mass is 10.1. The number of nitrogens with zero attached hydrogens (tertiary/aromatic N) is 1. The van der Waals surface area contributed by atoms with E-state index in [1.165, 1.54) is 6.42 Å². The minimum Gasteiger partial charge on any atom is -0.328 e. The summed E-state index contributed by atoms with van der Waals surface area (Å²) in [7, 11) is 0. The maximum Gasteiger partial charge on any atom is 0.317 e. The molecule has 0 aliphatic carbocycles. The van der Waals surface area contributed by atoms with Gasteiger partial charge in [0.05, 0.1) is 6.04 Å². The van der Waals surface area contributed by atoms with Gasteiger partial charge in [-0.3, -0.25) is 4.79 Å². The molecule has 1 fully saturated rings. The van der Waals surface area contributed by atoms with Gasteiger partial charge < -0.3 is 10.2 Å². The number of carbonyl (C=O) groups is 2. The second-order valence-electron chi connectivity index (χ2n) is 4.04. The predicted molar refractivity (Wildman–Crippen MR) is 58.7 cm³/mol. The van der Waals surface area contributed by atoms with Crippen LogP contribution in [0.15, 0.2) is 0 Å². The molecule has 0 radical (unpaired) electrons. The number of rotatable bonds is 3. The van der Waals surface area contributed by atoms with E-state index >= 15 is 0 Å². The van der Waals surface area contributed by atoms with E-state index in [0.717, 1.165) is 25.9 Å². The van der Waals surface area contributed by atoms with Crippen LogP contribution in [0.2, 0.25) is 0 Å². The molecule has 86 valence electrons. The molecule has 0 bridgehead atoms. The molecule has 0 aromatic rings. The molecule has 4 heteroatoms. The number of hydrogen-bond donors (Lipinski definition) is 1. The van der Waals surface area contributed by atoms with Crippen LogP contribution in [0.25, 0.3) is 0 Å². The second-order valence-corrected chi connectivity index (χ2v) is 4.04. The first-order valence-corrected chi connectivity index (χ1v) is 5.73. The number of Topliss-reactive ketones (excluding diaryl/α,β-unsaturated/α-hetero) is 1. The number of carbonyl (C=O) groups excluding carboxylic acids is 2. The van der Waals surface area contributed by atoms with Gasteiger partial charge in [-0.1, -0.05) is 6.92 Å². The van der Waals surface area contributed by atoms with E-state index in [4.69, 9.17) is 0 Å². The van der Waals surface area contributed by atoms with E-state index in [2.05, 4.69) is 5.32 Å². The highest BCUT2D eigenvalue weighted by Crippen LogP contribution is 2.08. The summed E-state index contributed by atoms with van der Waals surface area (Å²) < 4.78 is 0. The van der Waals surface area contributed by atoms with Crippen LogP contribution in [0, 0.1) is 0 Å². The maximum absolute atomic E-state index is 11.7. The largest absolute Gasteiger partial charge is 0.328 e. The van der Waals surface area contributed by atoms with E-state index in [1.807, 2.05) is 6.92 Å². The molecule has 4 nitrogen and oxygen atoms in total. The molecule has 2 amide bonds. The molecule has 1 aliphatic heterocycles. The van der Waals surface area contributed by atoms with Gasteiger partial charge in [-0.2, -0.15) is 0 Å². The lowest BCUT2D eigenvalue weighted by molar-refractivity contribution is -0.120. The molecule has 0 spiro atoms. The number of urea groups is 1. The van der Waals surface area contributed by atoms with Crippen LogP contribution in [0.4, 0.5) is 4.79 Å². The van der Waals surface area contributed by atoms with Gasteiger partial charge in [-0.05, 0) is 26.2 Å². The lowest BCUT2D eigenvalue weighted by Gasteiger charge is -2.28. The number of hydrogen-bond acceptors (Lipinski definition) is 2. The Hall–Kier alpha value is -1.06. The van der Waals surface area contributed by atoms with Crippen molar-refractivity contribution in [3.05, 3.63) is 0 Å². The zero-order chi connectivity index (χ0) is 11.3. The standard InChI is InChI=1S/C11H20N2O2/c1-3-10(14)9(2)12-11(15)13-7-5-4-6-8-13/h9H,3-8H2,1-2H3,(H,12,15). The van der Waals surface area contributed by atoms with Crippen molar-refractivity contribution in [1.82, 2.24) is 10.2 Å². The maximum atomic E-state index is 11.7. The monoisotopic (exact) mass is 212 g/mol. The Morgan fingerprint density at radius 1 is 1.27 bits per heavy atom. The molecule has 1 atom stereocenters. The van der Waals surface area contributed by atoms with Gasteiger partial charge >= 0.3 is 6.03 Å². The van der Waals surface area contributed by atoms with Gasteiger partial charge in [0.15, 0.2) is 5.78 Å². The van der Waals surface area contributed by atoms with Crippen LogP contribution in [-0.2, 0) is 4.79 Å². The Balaban J connectivity index is 2.36. The number of ketones is 1. The minimum atomic E-state index is -0.357. The van der Waals surface area contributed by atoms with Crippen molar-refractivity contribution in [2.45, 2.75) is 45.6 Å². The fraction of sp³-hybridized carbons (Fsp3) is 0.818. The Morgan fingerprint density at radius 2 is 1.87 bits per heavy atom. The first-order chi connectivity index (χ1) is 7.15. The van der Waals surface area contributed by atoms with Crippen molar-refractivity contribution < 1.29 is 9.59 Å². The predicted octanol–water partition coefficient (Wildman–Crippen LogP) is 1.55. The van der Waals surface area contributed by atoms with Crippen molar-refractivity contribution in [2.75, 3.05) is 13.1 Å². The molecule has 1 N–H and O–H groups in total. The minimum absolute atomic E-state index is 0.0837. The average Bonchev–Trinajstić information content (AvgIpc) is 2.29. The molecular weight excluding hydrogens is 192 g/mol. The van der Waals surface area contributed by atoms with Crippen molar-refractivity contribution in [3.8, 4) is 0 Å². The molecule has 1 unspecified atom stereocenters. The first-order valence-electron chi connectivity index (χ1n) is 5.73. The fourth-order valence-corrected chi connectivity index (χ4v) is 1.76. The van der Waals surface area contributed by atoms with Crippen LogP contribution < -0.4 is 5.32 Å². The molecule has 0 saturated carbocycles. The lowest BCUT2D eigenvalue weighted by Crippen LogP contribution is -2.48. The van der Waals surface area contributed by atoms with Gasteiger partial charge in [-0.15, -0.1) is 0 Å². The van der Waals surface area contributed by atoms with Crippen molar-refractivity contribution in [1.29, 1.82) is 0 Å². The van der Waals surface area contributed by atoms with Crippen LogP contribution in [0.3, 0.4) is 0 Å². The zero-order valence-electron chi connectivity index (χ0n) is 9.58. The Bertz CT molecular complexity index is 235. The Labute approximate surface area is 91.0 Å². The van der Waals surface area contributed by atoms with Gasteiger partial charge in [0, 0.05) is 19.5 Å². The second kappa shape index (κ2) is 5.73. The summed E-state index contributed by atoms with van der Waals surface area (Å²) in [5.41, 5.74) is 0. The number of amides is 2. The van der Waals surface area contributed by atoms with Crippen LogP contribution in [0.5, 0.6) is 0 Å². The highest BCUT2D eigenvalue weighted by Gasteiger charge is 2.19. The van der Waals surface area contributed by atoms with Gasteiger partial charge in [0.2, 0.25) is 0 Å². The van der Waals surface area contributed by atoms with Crippen molar-refractivity contribution in [2.24, 2.45) is 0 Å². The molecule has 0 aromatic heterocycles. The van der Waals surface area contributed by atoms with Gasteiger partial charge in [0.25, 0.3) is 0 Å². The van der Waals surface area contributed by atoms with Crippen LogP contribution in [0.1, 0.15) is 39.5 Å². The highest BCUT2D eigenvalue weighted by molar-refractivity contribution is 5.87. The topological polar surface area (TPSA) is 49.4 Å². The summed E-state index contributed by atoms with van der Waals surface area (Å²) >= 11 is 0. The third-order valence-electron chi connectivity index (χ3n) is 2.81. The van der Waals surface area contributed by atoms with E-state index < -0.39 is 0 Å². The fourth-order valence-electron chi connectivity index (χ4n) is 1.76. The average molecular weight is 212 g/mol. The van der Waals surface area contributed by atoms with E-state index in [1.54, 1.807) is 11.8 Å². The van der Waals surface area contributed by atoms with Crippen molar-refractivity contribution in [3.63, 3.8) is 0 Å². The molecule has 0 aromatic carbocycles. The summed E-state index contributed by atoms with van der Waals surface area (Å²) in [6.07, 6.45) is 3.82. The molecule has 1 heterocycles. The summed E-state index contributed by atoms with van der Waals surface area (Å²) in [4.78, 5) is 24.8. The van der Waals surface area contributed by atoms with Crippen LogP contribution in [-0.4, -0.2) is 35.8 Å². The molecule has 1 aliphatic rings. The molecular formula is C11H20N2O2. The number of likely N-dealkylation sites (tertiary alicyclic amines) is 1. The SMILES string of the molecule is CCC(=O)C(C)NC(=O)N1CCCCC1. The Kier molecular flexibility index (Phi) is 4.59. The zero-order valence-corrected chi connectivity index (χ0v) is 9.58. The van der Waals surface area contributed by atoms with Gasteiger partial charge in [-0.25, -0.2) is 4.79 Å². The third-order valence-corrected chi connectivity index (χ3v) is 2.81. The summed E-state index contributed by atoms with van der Waals surface area (Å²) in [5.74, 6) is 0.0837. The van der Waals surface area contributed by atoms with Crippen LogP contribution >= 0.6 is 0 Å². The van der Waals surface area contributed by atoms with E-state index in [0.29, 0.717) is 6.42 Å². The summed E-state index contributed by atoms with van der Waals surface area (Å²) in [6.45, 7) is 5.19. The molecule has 1 rings (SSSR count). The Morgan fingerprint density at radius 3 is 2.40 bits per heavy atom. The van der Waals surface area contributed by atoms with Crippen molar-refractivity contribution >= 4 is 11.8 Å². The molecule has 15 heavy (non-hydrogen) atoms. The third kappa shape index (κ3) is 3.53. The molecule has 1 saturated heterocycles. The normalized spacial score (nSPS) is 18.4. The smallest absolute Gasteiger partial charge is 0.317 e. The number of piperidine rings is 1. The van der Waals surface area contributed by atoms with E-state index in [-0.39, 0.29) is 17.9 Å². The van der Waals surface area contributed by atoms with E-state index in [9.17, 15) is 9.59 Å². The summed E-state index contributed by atoms with van der Waals surface area (Å²) in [6, 6.07) is -0.451. The quantitative estimate of drug-likeness (QED) is 0.771. The number of nitrogens with one attached hydrogen (secondary N) is 1.